The maximum absolute atomic E-state index is 13.0. The van der Waals surface area contributed by atoms with Gasteiger partial charge in [-0.3, -0.25) is 0 Å². The Hall–Kier alpha value is -2.96. The first-order valence-electron chi connectivity index (χ1n) is 9.52. The molecule has 0 unspecified atom stereocenters. The van der Waals surface area contributed by atoms with Crippen LogP contribution in [0.15, 0.2) is 53.7 Å². The molecule has 2 rings (SSSR count). The van der Waals surface area contributed by atoms with Crippen molar-refractivity contribution >= 4 is 5.71 Å². The summed E-state index contributed by atoms with van der Waals surface area (Å²) in [5.74, 6) is 1.57. The van der Waals surface area contributed by atoms with Gasteiger partial charge in [0.1, 0.15) is 25.2 Å². The highest BCUT2D eigenvalue weighted by atomic mass is 19.4. The molecule has 0 aliphatic heterocycles. The van der Waals surface area contributed by atoms with Crippen molar-refractivity contribution in [2.75, 3.05) is 20.3 Å². The average molecular weight is 421 g/mol. The highest BCUT2D eigenvalue weighted by molar-refractivity contribution is 6.04. The van der Waals surface area contributed by atoms with Crippen molar-refractivity contribution in [1.29, 1.82) is 0 Å². The quantitative estimate of drug-likeness (QED) is 0.292. The zero-order chi connectivity index (χ0) is 22.1. The molecule has 2 aromatic rings. The highest BCUT2D eigenvalue weighted by Gasteiger charge is 2.37. The van der Waals surface area contributed by atoms with Gasteiger partial charge in [0, 0.05) is 12.0 Å². The van der Waals surface area contributed by atoms with Gasteiger partial charge in [0.2, 0.25) is 0 Å². The normalized spacial score (nSPS) is 12.3. The van der Waals surface area contributed by atoms with Crippen molar-refractivity contribution in [3.05, 3.63) is 70.8 Å². The Morgan fingerprint density at radius 3 is 2.20 bits per heavy atom. The second kappa shape index (κ2) is 10.7. The molecule has 4 nitrogen and oxygen atoms in total. The van der Waals surface area contributed by atoms with E-state index in [0.29, 0.717) is 19.6 Å². The SMILES string of the molecule is C/C=C/COc1cc(C)c(OCCc2ccc(C(=NOC)C(F)(F)F)cc2)c(C)c1. The van der Waals surface area contributed by atoms with E-state index in [1.54, 1.807) is 12.1 Å². The number of halogens is 3. The predicted molar refractivity (Wildman–Crippen MR) is 111 cm³/mol. The summed E-state index contributed by atoms with van der Waals surface area (Å²) in [6.07, 6.45) is -0.170. The lowest BCUT2D eigenvalue weighted by Crippen LogP contribution is -2.24. The molecule has 162 valence electrons. The topological polar surface area (TPSA) is 40.0 Å². The van der Waals surface area contributed by atoms with Crippen molar-refractivity contribution < 1.29 is 27.5 Å². The minimum atomic E-state index is -4.58. The Labute approximate surface area is 174 Å². The van der Waals surface area contributed by atoms with Crippen LogP contribution in [0.2, 0.25) is 0 Å². The average Bonchev–Trinajstić information content (AvgIpc) is 2.68. The summed E-state index contributed by atoms with van der Waals surface area (Å²) in [5, 5.41) is 3.10. The number of hydrogen-bond donors (Lipinski definition) is 0. The predicted octanol–water partition coefficient (Wildman–Crippen LogP) is 5.79. The van der Waals surface area contributed by atoms with Gasteiger partial charge in [-0.15, -0.1) is 0 Å². The van der Waals surface area contributed by atoms with E-state index in [1.165, 1.54) is 12.1 Å². The number of nitrogens with zero attached hydrogens (tertiary/aromatic N) is 1. The second-order valence-corrected chi connectivity index (χ2v) is 6.68. The van der Waals surface area contributed by atoms with Crippen LogP contribution in [0.5, 0.6) is 11.5 Å². The summed E-state index contributed by atoms with van der Waals surface area (Å²) in [7, 11) is 1.09. The van der Waals surface area contributed by atoms with Crippen LogP contribution in [0.3, 0.4) is 0 Å². The van der Waals surface area contributed by atoms with Crippen molar-refractivity contribution in [3.8, 4) is 11.5 Å². The monoisotopic (exact) mass is 421 g/mol. The minimum Gasteiger partial charge on any atom is -0.493 e. The van der Waals surface area contributed by atoms with E-state index < -0.39 is 11.9 Å². The molecule has 0 aliphatic carbocycles. The Morgan fingerprint density at radius 1 is 1.03 bits per heavy atom. The van der Waals surface area contributed by atoms with E-state index in [4.69, 9.17) is 9.47 Å². The van der Waals surface area contributed by atoms with E-state index >= 15 is 0 Å². The molecule has 0 bridgehead atoms. The fourth-order valence-corrected chi connectivity index (χ4v) is 2.92. The van der Waals surface area contributed by atoms with Gasteiger partial charge in [0.25, 0.3) is 0 Å². The molecule has 30 heavy (non-hydrogen) atoms. The van der Waals surface area contributed by atoms with E-state index in [1.807, 2.05) is 45.1 Å². The molecule has 0 saturated heterocycles. The zero-order valence-electron chi connectivity index (χ0n) is 17.5. The number of allylic oxidation sites excluding steroid dienone is 1. The maximum atomic E-state index is 13.0. The van der Waals surface area contributed by atoms with Crippen LogP contribution in [0.25, 0.3) is 0 Å². The number of oxime groups is 1. The molecule has 0 heterocycles. The first-order valence-corrected chi connectivity index (χ1v) is 9.52. The lowest BCUT2D eigenvalue weighted by Gasteiger charge is -2.15. The standard InChI is InChI=1S/C23H26F3NO3/c1-5-6-12-29-20-14-16(2)21(17(3)15-20)30-13-11-18-7-9-19(10-8-18)22(27-28-4)23(24,25)26/h5-10,14-15H,11-13H2,1-4H3/b6-5+,27-22?. The van der Waals surface area contributed by atoms with Crippen LogP contribution in [-0.2, 0) is 11.3 Å². The van der Waals surface area contributed by atoms with Gasteiger partial charge in [-0.05, 0) is 49.6 Å². The summed E-state index contributed by atoms with van der Waals surface area (Å²) in [6, 6.07) is 9.88. The Kier molecular flexibility index (Phi) is 8.33. The van der Waals surface area contributed by atoms with Gasteiger partial charge in [0.15, 0.2) is 5.71 Å². The summed E-state index contributed by atoms with van der Waals surface area (Å²) in [5.41, 5.74) is 1.68. The molecule has 2 aromatic carbocycles. The Bertz CT molecular complexity index is 865. The van der Waals surface area contributed by atoms with E-state index in [0.717, 1.165) is 35.3 Å². The number of rotatable bonds is 9. The summed E-state index contributed by atoms with van der Waals surface area (Å²) < 4.78 is 50.7. The third-order valence-corrected chi connectivity index (χ3v) is 4.33. The number of alkyl halides is 3. The van der Waals surface area contributed by atoms with Crippen LogP contribution in [0.1, 0.15) is 29.2 Å². The first-order chi connectivity index (χ1) is 14.3. The molecule has 0 atom stereocenters. The number of hydrogen-bond acceptors (Lipinski definition) is 4. The van der Waals surface area contributed by atoms with Crippen LogP contribution < -0.4 is 9.47 Å². The number of ether oxygens (including phenoxy) is 2. The van der Waals surface area contributed by atoms with Crippen molar-refractivity contribution in [1.82, 2.24) is 0 Å². The van der Waals surface area contributed by atoms with Gasteiger partial charge >= 0.3 is 6.18 Å². The second-order valence-electron chi connectivity index (χ2n) is 6.68. The van der Waals surface area contributed by atoms with Crippen LogP contribution in [0.4, 0.5) is 13.2 Å². The Balaban J connectivity index is 1.99. The summed E-state index contributed by atoms with van der Waals surface area (Å²) in [6.45, 7) is 6.75. The van der Waals surface area contributed by atoms with Crippen molar-refractivity contribution in [3.63, 3.8) is 0 Å². The van der Waals surface area contributed by atoms with Crippen molar-refractivity contribution in [2.45, 2.75) is 33.4 Å². The lowest BCUT2D eigenvalue weighted by atomic mass is 10.1. The lowest BCUT2D eigenvalue weighted by molar-refractivity contribution is -0.0608. The molecule has 0 aliphatic rings. The van der Waals surface area contributed by atoms with Gasteiger partial charge < -0.3 is 14.3 Å². The Morgan fingerprint density at radius 2 is 1.67 bits per heavy atom. The number of benzene rings is 2. The fraction of sp³-hybridized carbons (Fsp3) is 0.348. The maximum Gasteiger partial charge on any atom is 0.437 e. The zero-order valence-corrected chi connectivity index (χ0v) is 17.5. The number of aryl methyl sites for hydroxylation is 2. The van der Waals surface area contributed by atoms with Gasteiger partial charge in [-0.25, -0.2) is 0 Å². The van der Waals surface area contributed by atoms with E-state index in [2.05, 4.69) is 9.99 Å². The molecular weight excluding hydrogens is 395 g/mol. The summed E-state index contributed by atoms with van der Waals surface area (Å²) >= 11 is 0. The first kappa shape index (κ1) is 23.3. The van der Waals surface area contributed by atoms with Crippen LogP contribution in [-0.4, -0.2) is 32.2 Å². The van der Waals surface area contributed by atoms with Crippen LogP contribution in [0, 0.1) is 13.8 Å². The molecule has 0 aromatic heterocycles. The molecule has 0 spiro atoms. The molecule has 7 heteroatoms. The molecule has 0 fully saturated rings. The minimum absolute atomic E-state index is 0.0470. The highest BCUT2D eigenvalue weighted by Crippen LogP contribution is 2.29. The molecule has 0 radical (unpaired) electrons. The smallest absolute Gasteiger partial charge is 0.437 e. The van der Waals surface area contributed by atoms with Gasteiger partial charge in [0.05, 0.1) is 6.61 Å². The largest absolute Gasteiger partial charge is 0.493 e. The molecule has 0 amide bonds. The molecule has 0 N–H and O–H groups in total. The van der Waals surface area contributed by atoms with Crippen LogP contribution >= 0.6 is 0 Å². The molecule has 0 saturated carbocycles. The van der Waals surface area contributed by atoms with E-state index in [-0.39, 0.29) is 5.56 Å². The van der Waals surface area contributed by atoms with E-state index in [9.17, 15) is 13.2 Å². The third-order valence-electron chi connectivity index (χ3n) is 4.33. The summed E-state index contributed by atoms with van der Waals surface area (Å²) in [4.78, 5) is 4.32. The van der Waals surface area contributed by atoms with Gasteiger partial charge in [-0.1, -0.05) is 41.6 Å². The molecular formula is C23H26F3NO3. The third kappa shape index (κ3) is 6.54. The van der Waals surface area contributed by atoms with Gasteiger partial charge in [-0.2, -0.15) is 13.2 Å². The fourth-order valence-electron chi connectivity index (χ4n) is 2.92. The van der Waals surface area contributed by atoms with Crippen molar-refractivity contribution in [2.24, 2.45) is 5.16 Å².